The molecule has 0 aliphatic carbocycles. The maximum Gasteiger partial charge on any atom is 0.244 e. The second kappa shape index (κ2) is 8.06. The third kappa shape index (κ3) is 4.88. The zero-order valence-corrected chi connectivity index (χ0v) is 14.0. The van der Waals surface area contributed by atoms with Crippen molar-refractivity contribution in [2.45, 2.75) is 13.3 Å². The Kier molecular flexibility index (Phi) is 5.36. The molecule has 0 aliphatic rings. The molecule has 5 nitrogen and oxygen atoms in total. The predicted octanol–water partition coefficient (Wildman–Crippen LogP) is 3.42. The van der Waals surface area contributed by atoms with Crippen molar-refractivity contribution in [3.05, 3.63) is 77.7 Å². The summed E-state index contributed by atoms with van der Waals surface area (Å²) in [7, 11) is 0. The SMILES string of the molecule is Cc1ccc(-c2noc(CCNC(=O)/C=C/c3ccccc3)n2)cc1. The number of aryl methyl sites for hydroxylation is 1. The largest absolute Gasteiger partial charge is 0.352 e. The zero-order valence-electron chi connectivity index (χ0n) is 14.0. The highest BCUT2D eigenvalue weighted by Crippen LogP contribution is 2.16. The van der Waals surface area contributed by atoms with Crippen LogP contribution >= 0.6 is 0 Å². The maximum atomic E-state index is 11.8. The van der Waals surface area contributed by atoms with E-state index in [1.54, 1.807) is 6.08 Å². The van der Waals surface area contributed by atoms with E-state index in [1.807, 2.05) is 61.5 Å². The second-order valence-electron chi connectivity index (χ2n) is 5.66. The number of benzene rings is 2. The molecule has 0 atom stereocenters. The Labute approximate surface area is 146 Å². The fourth-order valence-electron chi connectivity index (χ4n) is 2.26. The lowest BCUT2D eigenvalue weighted by Crippen LogP contribution is -2.23. The molecule has 1 aromatic heterocycles. The number of hydrogen-bond acceptors (Lipinski definition) is 4. The lowest BCUT2D eigenvalue weighted by Gasteiger charge is -1.98. The number of nitrogens with one attached hydrogen (secondary N) is 1. The summed E-state index contributed by atoms with van der Waals surface area (Å²) in [6.45, 7) is 2.47. The van der Waals surface area contributed by atoms with E-state index in [0.29, 0.717) is 24.7 Å². The molecule has 0 radical (unpaired) electrons. The molecular formula is C20H19N3O2. The highest BCUT2D eigenvalue weighted by molar-refractivity contribution is 5.91. The van der Waals surface area contributed by atoms with E-state index in [9.17, 15) is 4.79 Å². The normalized spacial score (nSPS) is 10.9. The molecule has 0 unspecified atom stereocenters. The van der Waals surface area contributed by atoms with Crippen LogP contribution in [-0.2, 0) is 11.2 Å². The summed E-state index contributed by atoms with van der Waals surface area (Å²) in [5.41, 5.74) is 3.08. The first kappa shape index (κ1) is 16.6. The van der Waals surface area contributed by atoms with Gasteiger partial charge in [-0.15, -0.1) is 0 Å². The molecule has 25 heavy (non-hydrogen) atoms. The van der Waals surface area contributed by atoms with Crippen LogP contribution in [0.4, 0.5) is 0 Å². The maximum absolute atomic E-state index is 11.8. The Morgan fingerprint density at radius 3 is 2.64 bits per heavy atom. The van der Waals surface area contributed by atoms with Gasteiger partial charge in [0.1, 0.15) is 0 Å². The van der Waals surface area contributed by atoms with E-state index in [4.69, 9.17) is 4.52 Å². The molecule has 1 heterocycles. The molecule has 1 amide bonds. The molecule has 0 spiro atoms. The number of amides is 1. The number of carbonyl (C=O) groups excluding carboxylic acids is 1. The Morgan fingerprint density at radius 1 is 1.12 bits per heavy atom. The van der Waals surface area contributed by atoms with Crippen LogP contribution in [0.5, 0.6) is 0 Å². The quantitative estimate of drug-likeness (QED) is 0.702. The zero-order chi connectivity index (χ0) is 17.5. The Hall–Kier alpha value is -3.21. The van der Waals surface area contributed by atoms with Gasteiger partial charge in [-0.2, -0.15) is 4.98 Å². The van der Waals surface area contributed by atoms with Crippen molar-refractivity contribution >= 4 is 12.0 Å². The molecule has 0 aliphatic heterocycles. The van der Waals surface area contributed by atoms with Gasteiger partial charge in [0.05, 0.1) is 0 Å². The lowest BCUT2D eigenvalue weighted by molar-refractivity contribution is -0.116. The van der Waals surface area contributed by atoms with Gasteiger partial charge in [0.2, 0.25) is 17.6 Å². The van der Waals surface area contributed by atoms with E-state index in [0.717, 1.165) is 11.1 Å². The van der Waals surface area contributed by atoms with Gasteiger partial charge in [0.25, 0.3) is 0 Å². The summed E-state index contributed by atoms with van der Waals surface area (Å²) in [6.07, 6.45) is 3.78. The van der Waals surface area contributed by atoms with Crippen LogP contribution in [0.3, 0.4) is 0 Å². The number of nitrogens with zero attached hydrogens (tertiary/aromatic N) is 2. The number of aromatic nitrogens is 2. The minimum Gasteiger partial charge on any atom is -0.352 e. The molecule has 0 saturated carbocycles. The average Bonchev–Trinajstić information content (AvgIpc) is 3.10. The van der Waals surface area contributed by atoms with E-state index in [-0.39, 0.29) is 5.91 Å². The summed E-state index contributed by atoms with van der Waals surface area (Å²) in [5, 5.41) is 6.78. The lowest BCUT2D eigenvalue weighted by atomic mass is 10.1. The van der Waals surface area contributed by atoms with E-state index < -0.39 is 0 Å². The monoisotopic (exact) mass is 333 g/mol. The fourth-order valence-corrected chi connectivity index (χ4v) is 2.26. The molecule has 5 heteroatoms. The van der Waals surface area contributed by atoms with Crippen LogP contribution in [0, 0.1) is 6.92 Å². The first-order chi connectivity index (χ1) is 12.2. The van der Waals surface area contributed by atoms with E-state index in [2.05, 4.69) is 15.5 Å². The van der Waals surface area contributed by atoms with E-state index in [1.165, 1.54) is 11.6 Å². The van der Waals surface area contributed by atoms with Crippen LogP contribution in [0.1, 0.15) is 17.0 Å². The standard InChI is InChI=1S/C20H19N3O2/c1-15-7-10-17(11-8-15)20-22-19(25-23-20)13-14-21-18(24)12-9-16-5-3-2-4-6-16/h2-12H,13-14H2,1H3,(H,21,24)/b12-9+. The third-order valence-corrected chi connectivity index (χ3v) is 3.64. The van der Waals surface area contributed by atoms with Crippen LogP contribution in [0.15, 0.2) is 65.2 Å². The van der Waals surface area contributed by atoms with Crippen molar-refractivity contribution < 1.29 is 9.32 Å². The Morgan fingerprint density at radius 2 is 1.88 bits per heavy atom. The molecule has 0 fully saturated rings. The van der Waals surface area contributed by atoms with Crippen molar-refractivity contribution in [1.29, 1.82) is 0 Å². The number of carbonyl (C=O) groups is 1. The van der Waals surface area contributed by atoms with Gasteiger partial charge in [-0.05, 0) is 18.6 Å². The minimum absolute atomic E-state index is 0.151. The van der Waals surface area contributed by atoms with Crippen LogP contribution < -0.4 is 5.32 Å². The van der Waals surface area contributed by atoms with Gasteiger partial charge in [0.15, 0.2) is 0 Å². The van der Waals surface area contributed by atoms with Crippen molar-refractivity contribution in [3.63, 3.8) is 0 Å². The van der Waals surface area contributed by atoms with E-state index >= 15 is 0 Å². The smallest absolute Gasteiger partial charge is 0.244 e. The summed E-state index contributed by atoms with van der Waals surface area (Å²) in [5.74, 6) is 0.912. The summed E-state index contributed by atoms with van der Waals surface area (Å²) in [6, 6.07) is 17.6. The van der Waals surface area contributed by atoms with Crippen LogP contribution in [0.2, 0.25) is 0 Å². The fraction of sp³-hybridized carbons (Fsp3) is 0.150. The van der Waals surface area contributed by atoms with Crippen LogP contribution in [-0.4, -0.2) is 22.6 Å². The van der Waals surface area contributed by atoms with Crippen molar-refractivity contribution in [2.75, 3.05) is 6.54 Å². The highest BCUT2D eigenvalue weighted by Gasteiger charge is 2.08. The van der Waals surface area contributed by atoms with Crippen molar-refractivity contribution in [1.82, 2.24) is 15.5 Å². The topological polar surface area (TPSA) is 68.0 Å². The van der Waals surface area contributed by atoms with Crippen molar-refractivity contribution in [3.8, 4) is 11.4 Å². The predicted molar refractivity (Wildman–Crippen MR) is 96.7 cm³/mol. The molecule has 1 N–H and O–H groups in total. The first-order valence-corrected chi connectivity index (χ1v) is 8.11. The summed E-state index contributed by atoms with van der Waals surface area (Å²) < 4.78 is 5.23. The summed E-state index contributed by atoms with van der Waals surface area (Å²) in [4.78, 5) is 16.2. The van der Waals surface area contributed by atoms with Gasteiger partial charge in [-0.3, -0.25) is 4.79 Å². The Bertz CT molecular complexity index is 852. The van der Waals surface area contributed by atoms with Gasteiger partial charge in [-0.1, -0.05) is 65.3 Å². The number of rotatable bonds is 6. The van der Waals surface area contributed by atoms with Gasteiger partial charge in [-0.25, -0.2) is 0 Å². The second-order valence-corrected chi connectivity index (χ2v) is 5.66. The Balaban J connectivity index is 1.48. The van der Waals surface area contributed by atoms with Gasteiger partial charge < -0.3 is 9.84 Å². The molecule has 0 saturated heterocycles. The molecule has 3 rings (SSSR count). The molecule has 0 bridgehead atoms. The van der Waals surface area contributed by atoms with Gasteiger partial charge in [0, 0.05) is 24.6 Å². The molecular weight excluding hydrogens is 314 g/mol. The number of hydrogen-bond donors (Lipinski definition) is 1. The third-order valence-electron chi connectivity index (χ3n) is 3.64. The van der Waals surface area contributed by atoms with Crippen LogP contribution in [0.25, 0.3) is 17.5 Å². The summed E-state index contributed by atoms with van der Waals surface area (Å²) >= 11 is 0. The molecule has 126 valence electrons. The van der Waals surface area contributed by atoms with Gasteiger partial charge >= 0.3 is 0 Å². The molecule has 3 aromatic rings. The molecule has 2 aromatic carbocycles. The first-order valence-electron chi connectivity index (χ1n) is 8.11. The average molecular weight is 333 g/mol. The van der Waals surface area contributed by atoms with Crippen molar-refractivity contribution in [2.24, 2.45) is 0 Å². The highest BCUT2D eigenvalue weighted by atomic mass is 16.5. The minimum atomic E-state index is -0.151.